The van der Waals surface area contributed by atoms with Gasteiger partial charge in [-0.05, 0) is 56.2 Å². The lowest BCUT2D eigenvalue weighted by Crippen LogP contribution is -2.49. The van der Waals surface area contributed by atoms with Crippen LogP contribution in [0.5, 0.6) is 11.5 Å². The Balaban J connectivity index is 1.30. The molecule has 0 N–H and O–H groups in total. The van der Waals surface area contributed by atoms with Crippen LogP contribution in [0.2, 0.25) is 0 Å². The maximum absolute atomic E-state index is 13.5. The molecule has 1 saturated carbocycles. The van der Waals surface area contributed by atoms with E-state index in [-0.39, 0.29) is 5.91 Å². The molecule has 3 heterocycles. The largest absolute Gasteiger partial charge is 0.496 e. The molecule has 35 heavy (non-hydrogen) atoms. The Hall–Kier alpha value is -2.87. The fraction of sp³-hybridized carbons (Fsp3) is 0.519. The molecule has 2 aliphatic carbocycles. The Labute approximate surface area is 210 Å². The van der Waals surface area contributed by atoms with Gasteiger partial charge >= 0.3 is 0 Å². The van der Waals surface area contributed by atoms with Crippen molar-refractivity contribution in [1.29, 1.82) is 0 Å². The van der Waals surface area contributed by atoms with Crippen LogP contribution in [0.4, 0.5) is 5.82 Å². The van der Waals surface area contributed by atoms with E-state index >= 15 is 0 Å². The molecule has 7 nitrogen and oxygen atoms in total. The number of anilines is 1. The first-order chi connectivity index (χ1) is 17.2. The Morgan fingerprint density at radius 3 is 2.37 bits per heavy atom. The average Bonchev–Trinajstić information content (AvgIpc) is 3.72. The normalized spacial score (nSPS) is 18.3. The Morgan fingerprint density at radius 1 is 0.971 bits per heavy atom. The van der Waals surface area contributed by atoms with E-state index in [1.165, 1.54) is 52.8 Å². The number of nitrogens with zero attached hydrogens (tertiary/aromatic N) is 4. The number of thiophene rings is 1. The van der Waals surface area contributed by atoms with Crippen LogP contribution in [0.25, 0.3) is 10.2 Å². The summed E-state index contributed by atoms with van der Waals surface area (Å²) in [6.07, 6.45) is 8.49. The van der Waals surface area contributed by atoms with E-state index in [0.717, 1.165) is 37.6 Å². The van der Waals surface area contributed by atoms with E-state index in [1.54, 1.807) is 14.2 Å². The number of aromatic nitrogens is 2. The number of piperazine rings is 1. The molecule has 1 saturated heterocycles. The highest BCUT2D eigenvalue weighted by atomic mass is 32.1. The summed E-state index contributed by atoms with van der Waals surface area (Å²) in [5.41, 5.74) is 1.98. The number of carbonyl (C=O) groups excluding carboxylic acids is 1. The Bertz CT molecular complexity index is 1240. The van der Waals surface area contributed by atoms with Crippen LogP contribution < -0.4 is 14.4 Å². The van der Waals surface area contributed by atoms with Crippen LogP contribution in [0.3, 0.4) is 0 Å². The number of hydrogen-bond acceptors (Lipinski definition) is 7. The summed E-state index contributed by atoms with van der Waals surface area (Å²) in [5.74, 6) is 3.67. The van der Waals surface area contributed by atoms with Crippen molar-refractivity contribution in [1.82, 2.24) is 14.9 Å². The number of hydrogen-bond donors (Lipinski definition) is 0. The fourth-order valence-corrected chi connectivity index (χ4v) is 6.69. The van der Waals surface area contributed by atoms with Gasteiger partial charge in [0.25, 0.3) is 5.91 Å². The van der Waals surface area contributed by atoms with Crippen molar-refractivity contribution in [3.8, 4) is 11.5 Å². The third-order valence-electron chi connectivity index (χ3n) is 7.51. The lowest BCUT2D eigenvalue weighted by atomic mass is 10.1. The fourth-order valence-electron chi connectivity index (χ4n) is 5.43. The summed E-state index contributed by atoms with van der Waals surface area (Å²) < 4.78 is 11.0. The molecule has 3 aliphatic rings. The lowest BCUT2D eigenvalue weighted by Gasteiger charge is -2.36. The molecule has 3 aromatic rings. The monoisotopic (exact) mass is 492 g/mol. The quantitative estimate of drug-likeness (QED) is 0.476. The molecule has 2 fully saturated rings. The molecule has 1 amide bonds. The maximum atomic E-state index is 13.5. The summed E-state index contributed by atoms with van der Waals surface area (Å²) in [4.78, 5) is 30.6. The van der Waals surface area contributed by atoms with Crippen LogP contribution in [0.1, 0.15) is 64.6 Å². The number of carbonyl (C=O) groups is 1. The molecular weight excluding hydrogens is 460 g/mol. The van der Waals surface area contributed by atoms with Gasteiger partial charge in [0, 0.05) is 37.0 Å². The van der Waals surface area contributed by atoms with E-state index in [2.05, 4.69) is 4.90 Å². The molecule has 0 radical (unpaired) electrons. The van der Waals surface area contributed by atoms with Gasteiger partial charge in [-0.2, -0.15) is 0 Å². The number of amides is 1. The Morgan fingerprint density at radius 2 is 1.69 bits per heavy atom. The highest BCUT2D eigenvalue weighted by molar-refractivity contribution is 7.19. The average molecular weight is 493 g/mol. The molecule has 1 aromatic carbocycles. The van der Waals surface area contributed by atoms with E-state index in [4.69, 9.17) is 19.4 Å². The van der Waals surface area contributed by atoms with Crippen molar-refractivity contribution < 1.29 is 14.3 Å². The predicted octanol–water partition coefficient (Wildman–Crippen LogP) is 4.82. The zero-order valence-electron chi connectivity index (χ0n) is 20.5. The minimum atomic E-state index is -0.0464. The van der Waals surface area contributed by atoms with Crippen LogP contribution in [-0.4, -0.2) is 61.2 Å². The van der Waals surface area contributed by atoms with Crippen LogP contribution in [0, 0.1) is 0 Å². The summed E-state index contributed by atoms with van der Waals surface area (Å²) in [6, 6.07) is 5.46. The highest BCUT2D eigenvalue weighted by Crippen LogP contribution is 2.44. The third-order valence-corrected chi connectivity index (χ3v) is 8.70. The van der Waals surface area contributed by atoms with E-state index in [9.17, 15) is 4.79 Å². The summed E-state index contributed by atoms with van der Waals surface area (Å²) in [6.45, 7) is 2.78. The molecular formula is C27H32N4O3S. The minimum absolute atomic E-state index is 0.0464. The number of methoxy groups -OCH3 is 2. The maximum Gasteiger partial charge on any atom is 0.261 e. The zero-order chi connectivity index (χ0) is 23.9. The molecule has 6 rings (SSSR count). The molecule has 0 unspecified atom stereocenters. The molecule has 2 aromatic heterocycles. The second-order valence-corrected chi connectivity index (χ2v) is 10.8. The van der Waals surface area contributed by atoms with Crippen LogP contribution >= 0.6 is 11.3 Å². The number of benzene rings is 1. The van der Waals surface area contributed by atoms with Gasteiger partial charge in [0.05, 0.1) is 19.6 Å². The first-order valence-corrected chi connectivity index (χ1v) is 13.6. The zero-order valence-corrected chi connectivity index (χ0v) is 21.3. The second kappa shape index (κ2) is 9.30. The van der Waals surface area contributed by atoms with Crippen molar-refractivity contribution in [3.05, 3.63) is 40.0 Å². The van der Waals surface area contributed by atoms with E-state index in [1.807, 2.05) is 34.4 Å². The van der Waals surface area contributed by atoms with Crippen molar-refractivity contribution >= 4 is 33.3 Å². The molecule has 0 spiro atoms. The van der Waals surface area contributed by atoms with E-state index < -0.39 is 0 Å². The van der Waals surface area contributed by atoms with E-state index in [0.29, 0.717) is 36.1 Å². The minimum Gasteiger partial charge on any atom is -0.496 e. The van der Waals surface area contributed by atoms with Gasteiger partial charge in [0.2, 0.25) is 0 Å². The number of aryl methyl sites for hydroxylation is 2. The van der Waals surface area contributed by atoms with Crippen molar-refractivity contribution in [2.45, 2.75) is 50.9 Å². The van der Waals surface area contributed by atoms with Crippen molar-refractivity contribution in [2.24, 2.45) is 0 Å². The standard InChI is InChI=1S/C27H32N4O3S/c1-33-19-8-6-9-20(34-2)23(19)27(32)31-15-13-30(14-16-31)25-22-18-7-4-3-5-10-21(18)35-26(22)29-24(28-25)17-11-12-17/h6,8-9,17H,3-5,7,10-16H2,1-2H3. The van der Waals surface area contributed by atoms with Gasteiger partial charge in [-0.15, -0.1) is 11.3 Å². The smallest absolute Gasteiger partial charge is 0.261 e. The van der Waals surface area contributed by atoms with Gasteiger partial charge in [-0.25, -0.2) is 9.97 Å². The Kier molecular flexibility index (Phi) is 6.00. The lowest BCUT2D eigenvalue weighted by molar-refractivity contribution is 0.0739. The summed E-state index contributed by atoms with van der Waals surface area (Å²) >= 11 is 1.89. The summed E-state index contributed by atoms with van der Waals surface area (Å²) in [7, 11) is 3.18. The molecule has 184 valence electrons. The topological polar surface area (TPSA) is 67.8 Å². The second-order valence-electron chi connectivity index (χ2n) is 9.74. The SMILES string of the molecule is COc1cccc(OC)c1C(=O)N1CCN(c2nc(C3CC3)nc3sc4c(c23)CCCCC4)CC1. The van der Waals surface area contributed by atoms with Crippen molar-refractivity contribution in [3.63, 3.8) is 0 Å². The van der Waals surface area contributed by atoms with Gasteiger partial charge in [0.15, 0.2) is 0 Å². The predicted molar refractivity (Wildman–Crippen MR) is 138 cm³/mol. The van der Waals surface area contributed by atoms with Gasteiger partial charge in [-0.1, -0.05) is 12.5 Å². The van der Waals surface area contributed by atoms with Crippen molar-refractivity contribution in [2.75, 3.05) is 45.3 Å². The van der Waals surface area contributed by atoms with Gasteiger partial charge in [-0.3, -0.25) is 4.79 Å². The third kappa shape index (κ3) is 4.11. The molecule has 8 heteroatoms. The molecule has 1 aliphatic heterocycles. The molecule has 0 atom stereocenters. The van der Waals surface area contributed by atoms with Gasteiger partial charge in [0.1, 0.15) is 33.5 Å². The van der Waals surface area contributed by atoms with Gasteiger partial charge < -0.3 is 19.3 Å². The highest BCUT2D eigenvalue weighted by Gasteiger charge is 2.32. The van der Waals surface area contributed by atoms with Crippen LogP contribution in [-0.2, 0) is 12.8 Å². The van der Waals surface area contributed by atoms with Crippen LogP contribution in [0.15, 0.2) is 18.2 Å². The number of ether oxygens (including phenoxy) is 2. The number of rotatable bonds is 5. The number of fused-ring (bicyclic) bond motifs is 3. The summed E-state index contributed by atoms with van der Waals surface area (Å²) in [5, 5.41) is 1.28. The first-order valence-electron chi connectivity index (χ1n) is 12.7. The molecule has 0 bridgehead atoms. The first kappa shape index (κ1) is 22.6.